The largest absolute Gasteiger partial charge is 0.481 e. The minimum absolute atomic E-state index is 0.0546. The minimum Gasteiger partial charge on any atom is -0.481 e. The van der Waals surface area contributed by atoms with Crippen LogP contribution in [0.25, 0.3) is 0 Å². The van der Waals surface area contributed by atoms with Crippen molar-refractivity contribution in [3.63, 3.8) is 0 Å². The summed E-state index contributed by atoms with van der Waals surface area (Å²) < 4.78 is 0. The van der Waals surface area contributed by atoms with Crippen LogP contribution in [0.1, 0.15) is 59.3 Å². The van der Waals surface area contributed by atoms with E-state index in [0.717, 1.165) is 32.1 Å². The van der Waals surface area contributed by atoms with E-state index in [2.05, 4.69) is 6.92 Å². The van der Waals surface area contributed by atoms with Crippen molar-refractivity contribution in [3.05, 3.63) is 0 Å². The third kappa shape index (κ3) is 2.23. The van der Waals surface area contributed by atoms with E-state index in [-0.39, 0.29) is 17.2 Å². The second kappa shape index (κ2) is 5.38. The fourth-order valence-corrected chi connectivity index (χ4v) is 4.01. The van der Waals surface area contributed by atoms with Gasteiger partial charge in [0.1, 0.15) is 0 Å². The molecule has 4 heteroatoms. The van der Waals surface area contributed by atoms with E-state index in [1.165, 1.54) is 0 Å². The molecule has 1 aliphatic heterocycles. The molecule has 114 valence electrons. The summed E-state index contributed by atoms with van der Waals surface area (Å²) in [7, 11) is 0. The van der Waals surface area contributed by atoms with Crippen molar-refractivity contribution in [3.8, 4) is 0 Å². The number of rotatable bonds is 4. The predicted octanol–water partition coefficient (Wildman–Crippen LogP) is 2.92. The average Bonchev–Trinajstić information content (AvgIpc) is 3.06. The van der Waals surface area contributed by atoms with Gasteiger partial charge in [-0.3, -0.25) is 9.59 Å². The summed E-state index contributed by atoms with van der Waals surface area (Å²) in [6.07, 6.45) is 5.67. The van der Waals surface area contributed by atoms with Crippen molar-refractivity contribution in [1.82, 2.24) is 4.90 Å². The second-order valence-electron chi connectivity index (χ2n) is 6.93. The summed E-state index contributed by atoms with van der Waals surface area (Å²) in [5, 5.41) is 9.58. The topological polar surface area (TPSA) is 57.6 Å². The van der Waals surface area contributed by atoms with Crippen molar-refractivity contribution in [2.75, 3.05) is 13.1 Å². The van der Waals surface area contributed by atoms with Crippen molar-refractivity contribution >= 4 is 11.9 Å². The lowest BCUT2D eigenvalue weighted by Crippen LogP contribution is -2.45. The lowest BCUT2D eigenvalue weighted by Gasteiger charge is -2.33. The Hall–Kier alpha value is -1.06. The number of hydrogen-bond donors (Lipinski definition) is 1. The van der Waals surface area contributed by atoms with E-state index in [1.54, 1.807) is 0 Å². The van der Waals surface area contributed by atoms with Crippen molar-refractivity contribution in [2.24, 2.45) is 16.7 Å². The maximum atomic E-state index is 12.9. The molecule has 1 saturated carbocycles. The van der Waals surface area contributed by atoms with Gasteiger partial charge in [0.05, 0.1) is 5.41 Å². The van der Waals surface area contributed by atoms with Crippen molar-refractivity contribution in [1.29, 1.82) is 0 Å². The average molecular weight is 281 g/mol. The van der Waals surface area contributed by atoms with Crippen LogP contribution in [0.5, 0.6) is 0 Å². The van der Waals surface area contributed by atoms with Gasteiger partial charge in [0.2, 0.25) is 5.91 Å². The highest BCUT2D eigenvalue weighted by atomic mass is 16.4. The summed E-state index contributed by atoms with van der Waals surface area (Å²) in [5.74, 6) is -0.486. The molecule has 0 aromatic carbocycles. The summed E-state index contributed by atoms with van der Waals surface area (Å²) in [4.78, 5) is 26.4. The van der Waals surface area contributed by atoms with Crippen LogP contribution in [-0.2, 0) is 9.59 Å². The Morgan fingerprint density at radius 3 is 2.20 bits per heavy atom. The fourth-order valence-electron chi connectivity index (χ4n) is 4.01. The van der Waals surface area contributed by atoms with E-state index in [1.807, 2.05) is 18.7 Å². The van der Waals surface area contributed by atoms with Crippen LogP contribution < -0.4 is 0 Å². The summed E-state index contributed by atoms with van der Waals surface area (Å²) in [6.45, 7) is 6.98. The predicted molar refractivity (Wildman–Crippen MR) is 77.3 cm³/mol. The highest BCUT2D eigenvalue weighted by Crippen LogP contribution is 2.45. The Balaban J connectivity index is 2.16. The smallest absolute Gasteiger partial charge is 0.311 e. The van der Waals surface area contributed by atoms with Crippen LogP contribution in [0.15, 0.2) is 0 Å². The molecule has 4 nitrogen and oxygen atoms in total. The third-order valence-electron chi connectivity index (χ3n) is 5.81. The van der Waals surface area contributed by atoms with E-state index in [4.69, 9.17) is 0 Å². The zero-order valence-corrected chi connectivity index (χ0v) is 12.9. The molecule has 2 aliphatic rings. The van der Waals surface area contributed by atoms with Gasteiger partial charge in [0.15, 0.2) is 0 Å². The zero-order chi connectivity index (χ0) is 15.0. The Morgan fingerprint density at radius 1 is 1.20 bits per heavy atom. The first-order valence-electron chi connectivity index (χ1n) is 7.91. The van der Waals surface area contributed by atoms with Crippen LogP contribution in [0, 0.1) is 16.7 Å². The van der Waals surface area contributed by atoms with E-state index < -0.39 is 11.4 Å². The molecule has 0 aromatic rings. The van der Waals surface area contributed by atoms with E-state index >= 15 is 0 Å². The first kappa shape index (κ1) is 15.3. The summed E-state index contributed by atoms with van der Waals surface area (Å²) >= 11 is 0. The quantitative estimate of drug-likeness (QED) is 0.862. The van der Waals surface area contributed by atoms with E-state index in [0.29, 0.717) is 19.5 Å². The van der Waals surface area contributed by atoms with Gasteiger partial charge in [0, 0.05) is 18.5 Å². The number of nitrogens with zero attached hydrogens (tertiary/aromatic N) is 1. The van der Waals surface area contributed by atoms with Crippen molar-refractivity contribution < 1.29 is 14.7 Å². The number of likely N-dealkylation sites (tertiary alicyclic amines) is 1. The molecule has 1 unspecified atom stereocenters. The molecular formula is C16H27NO3. The molecule has 1 saturated heterocycles. The van der Waals surface area contributed by atoms with Gasteiger partial charge >= 0.3 is 5.97 Å². The summed E-state index contributed by atoms with van der Waals surface area (Å²) in [5.41, 5.74) is -0.950. The number of aliphatic carboxylic acids is 1. The zero-order valence-electron chi connectivity index (χ0n) is 12.9. The van der Waals surface area contributed by atoms with Gasteiger partial charge in [-0.15, -0.1) is 0 Å². The number of carbonyl (C=O) groups is 2. The minimum atomic E-state index is -0.750. The molecule has 2 rings (SSSR count). The van der Waals surface area contributed by atoms with Gasteiger partial charge in [-0.25, -0.2) is 0 Å². The van der Waals surface area contributed by atoms with Gasteiger partial charge < -0.3 is 10.0 Å². The monoisotopic (exact) mass is 281 g/mol. The van der Waals surface area contributed by atoms with Crippen LogP contribution in [0.3, 0.4) is 0 Å². The molecule has 1 atom stereocenters. The normalized spacial score (nSPS) is 29.1. The van der Waals surface area contributed by atoms with E-state index in [9.17, 15) is 14.7 Å². The second-order valence-corrected chi connectivity index (χ2v) is 6.93. The maximum Gasteiger partial charge on any atom is 0.311 e. The first-order chi connectivity index (χ1) is 9.38. The Morgan fingerprint density at radius 2 is 1.80 bits per heavy atom. The molecule has 0 radical (unpaired) electrons. The molecule has 0 spiro atoms. The molecule has 1 heterocycles. The molecule has 0 bridgehead atoms. The number of carbonyl (C=O) groups excluding carboxylic acids is 1. The molecule has 2 fully saturated rings. The lowest BCUT2D eigenvalue weighted by atomic mass is 9.76. The number of amides is 1. The highest BCUT2D eigenvalue weighted by molar-refractivity contribution is 5.85. The van der Waals surface area contributed by atoms with Gasteiger partial charge in [-0.2, -0.15) is 0 Å². The Bertz CT molecular complexity index is 399. The fraction of sp³-hybridized carbons (Fsp3) is 0.875. The summed E-state index contributed by atoms with van der Waals surface area (Å²) in [6, 6.07) is 0. The number of carboxylic acid groups (broad SMARTS) is 1. The number of carboxylic acids is 1. The van der Waals surface area contributed by atoms with Gasteiger partial charge in [0.25, 0.3) is 0 Å². The SMILES string of the molecule is CCC1(C(=O)N2CCC(C(=O)O)(C(C)C)C2)CCCC1. The number of hydrogen-bond acceptors (Lipinski definition) is 2. The van der Waals surface area contributed by atoms with Crippen LogP contribution in [-0.4, -0.2) is 35.0 Å². The van der Waals surface area contributed by atoms with Gasteiger partial charge in [-0.05, 0) is 31.6 Å². The molecule has 1 amide bonds. The molecule has 1 N–H and O–H groups in total. The Labute approximate surface area is 121 Å². The highest BCUT2D eigenvalue weighted by Gasteiger charge is 2.51. The first-order valence-corrected chi connectivity index (χ1v) is 7.91. The molecule has 20 heavy (non-hydrogen) atoms. The maximum absolute atomic E-state index is 12.9. The molecule has 0 aromatic heterocycles. The third-order valence-corrected chi connectivity index (χ3v) is 5.81. The van der Waals surface area contributed by atoms with Crippen LogP contribution >= 0.6 is 0 Å². The van der Waals surface area contributed by atoms with Gasteiger partial charge in [-0.1, -0.05) is 33.6 Å². The Kier molecular flexibility index (Phi) is 4.12. The lowest BCUT2D eigenvalue weighted by molar-refractivity contribution is -0.152. The van der Waals surface area contributed by atoms with Crippen LogP contribution in [0.4, 0.5) is 0 Å². The van der Waals surface area contributed by atoms with Crippen molar-refractivity contribution in [2.45, 2.75) is 59.3 Å². The van der Waals surface area contributed by atoms with Crippen LogP contribution in [0.2, 0.25) is 0 Å². The standard InChI is InChI=1S/C16H27NO3/c1-4-15(7-5-6-8-15)13(18)17-10-9-16(11-17,12(2)3)14(19)20/h12H,4-11H2,1-3H3,(H,19,20). The molecular weight excluding hydrogens is 254 g/mol. The molecule has 1 aliphatic carbocycles.